The first-order chi connectivity index (χ1) is 13.9. The number of aryl methyl sites for hydroxylation is 1. The van der Waals surface area contributed by atoms with Crippen molar-refractivity contribution in [1.82, 2.24) is 9.21 Å². The van der Waals surface area contributed by atoms with Gasteiger partial charge in [0.2, 0.25) is 15.9 Å². The molecule has 2 heterocycles. The highest BCUT2D eigenvalue weighted by atomic mass is 32.2. The fourth-order valence-corrected chi connectivity index (χ4v) is 5.65. The maximum absolute atomic E-state index is 13.8. The van der Waals surface area contributed by atoms with E-state index in [-0.39, 0.29) is 29.8 Å². The monoisotopic (exact) mass is 416 g/mol. The lowest BCUT2D eigenvalue weighted by atomic mass is 9.94. The summed E-state index contributed by atoms with van der Waals surface area (Å²) in [5.41, 5.74) is 2.90. The molecule has 7 heteroatoms. The molecule has 0 unspecified atom stereocenters. The van der Waals surface area contributed by atoms with Crippen LogP contribution in [0.4, 0.5) is 4.39 Å². The molecule has 2 aliphatic rings. The van der Waals surface area contributed by atoms with Crippen molar-refractivity contribution in [3.63, 3.8) is 0 Å². The van der Waals surface area contributed by atoms with Crippen molar-refractivity contribution in [2.24, 2.45) is 5.92 Å². The van der Waals surface area contributed by atoms with Crippen molar-refractivity contribution in [3.05, 3.63) is 65.0 Å². The van der Waals surface area contributed by atoms with Gasteiger partial charge in [0.1, 0.15) is 5.82 Å². The van der Waals surface area contributed by atoms with Gasteiger partial charge in [0.05, 0.1) is 4.90 Å². The SMILES string of the molecule is Cc1ccc(S(=O)(=O)N2CCC(C(=O)N3CCc4ccccc4C3)CC2)cc1F. The Hall–Kier alpha value is -2.25. The van der Waals surface area contributed by atoms with E-state index < -0.39 is 15.8 Å². The Morgan fingerprint density at radius 1 is 1.03 bits per heavy atom. The molecular formula is C22H25FN2O3S. The van der Waals surface area contributed by atoms with Crippen LogP contribution in [0, 0.1) is 18.7 Å². The predicted octanol–water partition coefficient (Wildman–Crippen LogP) is 3.12. The van der Waals surface area contributed by atoms with Gasteiger partial charge >= 0.3 is 0 Å². The topological polar surface area (TPSA) is 57.7 Å². The maximum atomic E-state index is 13.8. The smallest absolute Gasteiger partial charge is 0.243 e. The molecule has 154 valence electrons. The highest BCUT2D eigenvalue weighted by Gasteiger charge is 2.34. The summed E-state index contributed by atoms with van der Waals surface area (Å²) in [5.74, 6) is -0.582. The van der Waals surface area contributed by atoms with Crippen LogP contribution in [0.2, 0.25) is 0 Å². The van der Waals surface area contributed by atoms with Crippen LogP contribution in [0.5, 0.6) is 0 Å². The van der Waals surface area contributed by atoms with Crippen LogP contribution in [-0.4, -0.2) is 43.2 Å². The average molecular weight is 417 g/mol. The Bertz CT molecular complexity index is 1030. The summed E-state index contributed by atoms with van der Waals surface area (Å²) in [7, 11) is -3.75. The molecule has 1 amide bonds. The Morgan fingerprint density at radius 3 is 2.41 bits per heavy atom. The molecular weight excluding hydrogens is 391 g/mol. The molecule has 29 heavy (non-hydrogen) atoms. The van der Waals surface area contributed by atoms with E-state index >= 15 is 0 Å². The van der Waals surface area contributed by atoms with Gasteiger partial charge in [-0.15, -0.1) is 0 Å². The summed E-state index contributed by atoms with van der Waals surface area (Å²) < 4.78 is 40.9. The van der Waals surface area contributed by atoms with Gasteiger partial charge in [0.25, 0.3) is 0 Å². The molecule has 0 aliphatic carbocycles. The first-order valence-electron chi connectivity index (χ1n) is 9.98. The molecule has 1 saturated heterocycles. The number of piperidine rings is 1. The van der Waals surface area contributed by atoms with Crippen LogP contribution in [0.1, 0.15) is 29.5 Å². The third-order valence-corrected chi connectivity index (χ3v) is 7.92. The van der Waals surface area contributed by atoms with Crippen molar-refractivity contribution in [3.8, 4) is 0 Å². The number of rotatable bonds is 3. The van der Waals surface area contributed by atoms with Gasteiger partial charge in [0.15, 0.2) is 0 Å². The van der Waals surface area contributed by atoms with Gasteiger partial charge in [-0.3, -0.25) is 4.79 Å². The molecule has 4 rings (SSSR count). The van der Waals surface area contributed by atoms with Crippen LogP contribution in [-0.2, 0) is 27.8 Å². The first kappa shape index (κ1) is 20.0. The van der Waals surface area contributed by atoms with Gasteiger partial charge in [0, 0.05) is 32.1 Å². The Balaban J connectivity index is 1.40. The lowest BCUT2D eigenvalue weighted by Crippen LogP contribution is -2.45. The normalized spacial score (nSPS) is 18.5. The van der Waals surface area contributed by atoms with Crippen LogP contribution in [0.25, 0.3) is 0 Å². The molecule has 0 spiro atoms. The number of carbonyl (C=O) groups excluding carboxylic acids is 1. The maximum Gasteiger partial charge on any atom is 0.243 e. The largest absolute Gasteiger partial charge is 0.338 e. The number of amides is 1. The minimum atomic E-state index is -3.75. The quantitative estimate of drug-likeness (QED) is 0.773. The lowest BCUT2D eigenvalue weighted by Gasteiger charge is -2.35. The second-order valence-electron chi connectivity index (χ2n) is 7.87. The van der Waals surface area contributed by atoms with E-state index in [9.17, 15) is 17.6 Å². The zero-order valence-corrected chi connectivity index (χ0v) is 17.3. The molecule has 2 aromatic carbocycles. The van der Waals surface area contributed by atoms with E-state index in [1.807, 2.05) is 17.0 Å². The zero-order valence-electron chi connectivity index (χ0n) is 16.5. The minimum absolute atomic E-state index is 0.0296. The molecule has 0 saturated carbocycles. The summed E-state index contributed by atoms with van der Waals surface area (Å²) in [4.78, 5) is 14.8. The number of carbonyl (C=O) groups is 1. The molecule has 1 fully saturated rings. The van der Waals surface area contributed by atoms with Crippen LogP contribution in [0.15, 0.2) is 47.4 Å². The fraction of sp³-hybridized carbons (Fsp3) is 0.409. The van der Waals surface area contributed by atoms with Crippen molar-refractivity contribution < 1.29 is 17.6 Å². The number of sulfonamides is 1. The van der Waals surface area contributed by atoms with E-state index in [0.29, 0.717) is 31.5 Å². The van der Waals surface area contributed by atoms with E-state index in [0.717, 1.165) is 12.5 Å². The fourth-order valence-electron chi connectivity index (χ4n) is 4.17. The molecule has 2 aliphatic heterocycles. The number of fused-ring (bicyclic) bond motifs is 1. The molecule has 0 bridgehead atoms. The van der Waals surface area contributed by atoms with E-state index in [1.165, 1.54) is 27.6 Å². The van der Waals surface area contributed by atoms with Crippen molar-refractivity contribution >= 4 is 15.9 Å². The summed E-state index contributed by atoms with van der Waals surface area (Å²) >= 11 is 0. The van der Waals surface area contributed by atoms with Gasteiger partial charge in [-0.25, -0.2) is 12.8 Å². The Kier molecular flexibility index (Phi) is 5.44. The summed E-state index contributed by atoms with van der Waals surface area (Å²) in [6.45, 7) is 3.48. The summed E-state index contributed by atoms with van der Waals surface area (Å²) in [5, 5.41) is 0. The van der Waals surface area contributed by atoms with Gasteiger partial charge in [-0.1, -0.05) is 30.3 Å². The highest BCUT2D eigenvalue weighted by molar-refractivity contribution is 7.89. The van der Waals surface area contributed by atoms with Crippen molar-refractivity contribution in [1.29, 1.82) is 0 Å². The first-order valence-corrected chi connectivity index (χ1v) is 11.4. The second-order valence-corrected chi connectivity index (χ2v) is 9.81. The number of hydrogen-bond acceptors (Lipinski definition) is 3. The van der Waals surface area contributed by atoms with Gasteiger partial charge in [-0.2, -0.15) is 4.31 Å². The van der Waals surface area contributed by atoms with E-state index in [1.54, 1.807) is 6.92 Å². The third-order valence-electron chi connectivity index (χ3n) is 6.03. The number of nitrogens with zero attached hydrogens (tertiary/aromatic N) is 2. The van der Waals surface area contributed by atoms with Crippen molar-refractivity contribution in [2.75, 3.05) is 19.6 Å². The van der Waals surface area contributed by atoms with Gasteiger partial charge in [-0.05, 0) is 55.0 Å². The molecule has 0 aromatic heterocycles. The summed E-state index contributed by atoms with van der Waals surface area (Å²) in [6, 6.07) is 12.2. The Labute approximate surface area is 171 Å². The second kappa shape index (κ2) is 7.88. The molecule has 5 nitrogen and oxygen atoms in total. The molecule has 0 radical (unpaired) electrons. The average Bonchev–Trinajstić information content (AvgIpc) is 2.74. The summed E-state index contributed by atoms with van der Waals surface area (Å²) in [6.07, 6.45) is 1.84. The number of hydrogen-bond donors (Lipinski definition) is 0. The van der Waals surface area contributed by atoms with E-state index in [2.05, 4.69) is 12.1 Å². The van der Waals surface area contributed by atoms with Gasteiger partial charge < -0.3 is 4.90 Å². The molecule has 0 N–H and O–H groups in total. The molecule has 2 aromatic rings. The van der Waals surface area contributed by atoms with Crippen LogP contribution in [0.3, 0.4) is 0 Å². The van der Waals surface area contributed by atoms with Crippen LogP contribution >= 0.6 is 0 Å². The highest BCUT2D eigenvalue weighted by Crippen LogP contribution is 2.28. The van der Waals surface area contributed by atoms with Crippen LogP contribution < -0.4 is 0 Å². The standard InChI is InChI=1S/C22H25FN2O3S/c1-16-6-7-20(14-21(16)23)29(27,28)25-12-9-18(10-13-25)22(26)24-11-8-17-4-2-3-5-19(17)15-24/h2-7,14,18H,8-13,15H2,1H3. The van der Waals surface area contributed by atoms with Crippen molar-refractivity contribution in [2.45, 2.75) is 37.6 Å². The van der Waals surface area contributed by atoms with E-state index in [4.69, 9.17) is 0 Å². The Morgan fingerprint density at radius 2 is 1.72 bits per heavy atom. The number of benzene rings is 2. The third kappa shape index (κ3) is 3.94. The molecule has 0 atom stereocenters. The zero-order chi connectivity index (χ0) is 20.6. The number of halogens is 1. The minimum Gasteiger partial charge on any atom is -0.338 e. The lowest BCUT2D eigenvalue weighted by molar-refractivity contribution is -0.137. The predicted molar refractivity (Wildman–Crippen MR) is 108 cm³/mol.